The molecule has 2 aromatic carbocycles. The van der Waals surface area contributed by atoms with E-state index in [0.717, 1.165) is 9.14 Å². The van der Waals surface area contributed by atoms with Crippen molar-refractivity contribution in [3.8, 4) is 11.5 Å². The van der Waals surface area contributed by atoms with Gasteiger partial charge in [-0.2, -0.15) is 0 Å². The minimum absolute atomic E-state index is 0.114. The van der Waals surface area contributed by atoms with E-state index in [9.17, 15) is 24.3 Å². The Morgan fingerprint density at radius 1 is 1.00 bits per heavy atom. The molecule has 38 heavy (non-hydrogen) atoms. The van der Waals surface area contributed by atoms with Crippen molar-refractivity contribution in [2.45, 2.75) is 25.7 Å². The number of methoxy groups -OCH3 is 1. The number of nitrogens with zero attached hydrogens (tertiary/aromatic N) is 1. The monoisotopic (exact) mass is 621 g/mol. The van der Waals surface area contributed by atoms with Crippen LogP contribution in [0, 0.1) is 21.3 Å². The minimum Gasteiger partial charge on any atom is -0.504 e. The lowest BCUT2D eigenvalue weighted by Gasteiger charge is -2.42. The standard InChI is InChI=1S/C30H24INO6/c1-14-12-22(33)21-13-20-17(24(26(21)27(14)34)18-4-3-5-23(38-2)28(18)35)10-11-19-25(20)30(37)32(29(19)36)16-8-6-15(31)7-9-16/h3-10,12,19-20,24-25,35H,11,13H2,1-2H3/t19-,20+,24+,25-/m0/s1. The van der Waals surface area contributed by atoms with Crippen LogP contribution in [0.1, 0.15) is 31.2 Å². The summed E-state index contributed by atoms with van der Waals surface area (Å²) in [6, 6.07) is 12.3. The predicted octanol–water partition coefficient (Wildman–Crippen LogP) is 4.64. The SMILES string of the molecule is COc1cccc([C@H]2C3=CC[C@@H]4C(=O)N(c5ccc(I)cc5)C(=O)[C@@H]4[C@@H]3CC3=C2C(=O)C(C)=CC3=O)c1O. The van der Waals surface area contributed by atoms with Gasteiger partial charge in [0, 0.05) is 31.8 Å². The van der Waals surface area contributed by atoms with Crippen LogP contribution in [-0.2, 0) is 19.2 Å². The molecule has 3 aliphatic carbocycles. The number of Topliss-reactive ketones (excluding diaryl/α,β-unsaturated/α-hetero) is 1. The third-order valence-corrected chi connectivity index (χ3v) is 8.93. The fourth-order valence-corrected chi connectivity index (χ4v) is 6.86. The molecule has 6 rings (SSSR count). The van der Waals surface area contributed by atoms with Crippen LogP contribution in [0.25, 0.3) is 0 Å². The molecule has 4 atom stereocenters. The van der Waals surface area contributed by atoms with Gasteiger partial charge in [-0.15, -0.1) is 0 Å². The number of phenolic OH excluding ortho intramolecular Hbond substituents is 1. The molecule has 2 aromatic rings. The van der Waals surface area contributed by atoms with Gasteiger partial charge < -0.3 is 9.84 Å². The number of halogens is 1. The summed E-state index contributed by atoms with van der Waals surface area (Å²) in [6.07, 6.45) is 3.81. The molecule has 0 spiro atoms. The van der Waals surface area contributed by atoms with Gasteiger partial charge in [-0.05, 0) is 84.7 Å². The van der Waals surface area contributed by atoms with Crippen molar-refractivity contribution in [3.05, 3.63) is 86.0 Å². The number of fused-ring (bicyclic) bond motifs is 3. The summed E-state index contributed by atoms with van der Waals surface area (Å²) in [6.45, 7) is 1.61. The number of imide groups is 1. The Morgan fingerprint density at radius 2 is 1.74 bits per heavy atom. The van der Waals surface area contributed by atoms with Crippen molar-refractivity contribution in [1.29, 1.82) is 0 Å². The number of hydrogen-bond acceptors (Lipinski definition) is 6. The van der Waals surface area contributed by atoms with Crippen LogP contribution in [0.15, 0.2) is 76.9 Å². The number of ether oxygens (including phenoxy) is 1. The third-order valence-electron chi connectivity index (χ3n) is 8.21. The van der Waals surface area contributed by atoms with E-state index in [1.807, 2.05) is 18.2 Å². The predicted molar refractivity (Wildman–Crippen MR) is 148 cm³/mol. The molecule has 1 N–H and O–H groups in total. The fraction of sp³-hybridized carbons (Fsp3) is 0.267. The van der Waals surface area contributed by atoms with E-state index >= 15 is 0 Å². The van der Waals surface area contributed by atoms with E-state index in [1.54, 1.807) is 37.3 Å². The molecule has 0 bridgehead atoms. The van der Waals surface area contributed by atoms with Gasteiger partial charge in [0.15, 0.2) is 23.1 Å². The summed E-state index contributed by atoms with van der Waals surface area (Å²) in [7, 11) is 1.45. The highest BCUT2D eigenvalue weighted by Gasteiger charge is 2.56. The van der Waals surface area contributed by atoms with Crippen LogP contribution in [0.5, 0.6) is 11.5 Å². The van der Waals surface area contributed by atoms with Crippen molar-refractivity contribution in [2.75, 3.05) is 12.0 Å². The van der Waals surface area contributed by atoms with Gasteiger partial charge >= 0.3 is 0 Å². The zero-order valence-corrected chi connectivity index (χ0v) is 22.9. The fourth-order valence-electron chi connectivity index (χ4n) is 6.50. The van der Waals surface area contributed by atoms with E-state index in [-0.39, 0.29) is 41.3 Å². The molecule has 1 heterocycles. The van der Waals surface area contributed by atoms with Gasteiger partial charge in [0.05, 0.1) is 24.6 Å². The molecule has 192 valence electrons. The first-order valence-electron chi connectivity index (χ1n) is 12.4. The largest absolute Gasteiger partial charge is 0.504 e. The molecule has 1 saturated heterocycles. The maximum absolute atomic E-state index is 13.9. The van der Waals surface area contributed by atoms with Gasteiger partial charge in [0.1, 0.15) is 0 Å². The first-order valence-corrected chi connectivity index (χ1v) is 13.5. The van der Waals surface area contributed by atoms with Crippen molar-refractivity contribution in [1.82, 2.24) is 0 Å². The van der Waals surface area contributed by atoms with Crippen LogP contribution in [0.4, 0.5) is 5.69 Å². The van der Waals surface area contributed by atoms with Gasteiger partial charge in [-0.25, -0.2) is 0 Å². The second-order valence-corrected chi connectivity index (χ2v) is 11.4. The van der Waals surface area contributed by atoms with Crippen LogP contribution < -0.4 is 9.64 Å². The summed E-state index contributed by atoms with van der Waals surface area (Å²) in [4.78, 5) is 55.4. The lowest BCUT2D eigenvalue weighted by molar-refractivity contribution is -0.123. The van der Waals surface area contributed by atoms with E-state index in [4.69, 9.17) is 4.74 Å². The van der Waals surface area contributed by atoms with Crippen LogP contribution in [-0.4, -0.2) is 35.6 Å². The Bertz CT molecular complexity index is 1530. The Labute approximate surface area is 233 Å². The number of hydrogen-bond donors (Lipinski definition) is 1. The molecule has 1 aliphatic heterocycles. The zero-order chi connectivity index (χ0) is 26.9. The van der Waals surface area contributed by atoms with Crippen LogP contribution in [0.3, 0.4) is 0 Å². The van der Waals surface area contributed by atoms with Gasteiger partial charge in [0.2, 0.25) is 11.8 Å². The molecule has 0 unspecified atom stereocenters. The minimum atomic E-state index is -0.727. The molecule has 7 nitrogen and oxygen atoms in total. The highest BCUT2D eigenvalue weighted by molar-refractivity contribution is 14.1. The van der Waals surface area contributed by atoms with Crippen LogP contribution >= 0.6 is 22.6 Å². The number of ketones is 2. The number of carbonyl (C=O) groups is 4. The Hall–Kier alpha value is -3.53. The smallest absolute Gasteiger partial charge is 0.238 e. The summed E-state index contributed by atoms with van der Waals surface area (Å²) in [5.41, 5.74) is 2.78. The van der Waals surface area contributed by atoms with Gasteiger partial charge in [-0.3, -0.25) is 24.1 Å². The summed E-state index contributed by atoms with van der Waals surface area (Å²) in [5.74, 6) is -3.33. The second kappa shape index (κ2) is 9.04. The topological polar surface area (TPSA) is 101 Å². The van der Waals surface area contributed by atoms with Crippen molar-refractivity contribution in [2.24, 2.45) is 17.8 Å². The molecule has 2 amide bonds. The van der Waals surface area contributed by atoms with Crippen molar-refractivity contribution >= 4 is 51.7 Å². The highest BCUT2D eigenvalue weighted by Crippen LogP contribution is 2.57. The molecule has 0 aromatic heterocycles. The summed E-state index contributed by atoms with van der Waals surface area (Å²) >= 11 is 2.17. The number of amides is 2. The number of carbonyl (C=O) groups excluding carboxylic acids is 4. The number of allylic oxidation sites excluding steroid dienone is 6. The quantitative estimate of drug-likeness (QED) is 0.232. The third kappa shape index (κ3) is 3.53. The summed E-state index contributed by atoms with van der Waals surface area (Å²) in [5, 5.41) is 11.1. The second-order valence-electron chi connectivity index (χ2n) is 10.1. The van der Waals surface area contributed by atoms with Gasteiger partial charge in [-0.1, -0.05) is 23.8 Å². The van der Waals surface area contributed by atoms with Crippen LogP contribution in [0.2, 0.25) is 0 Å². The average molecular weight is 621 g/mol. The molecule has 0 saturated carbocycles. The van der Waals surface area contributed by atoms with E-state index < -0.39 is 23.7 Å². The molecular formula is C30H24INO6. The van der Waals surface area contributed by atoms with Crippen molar-refractivity contribution in [3.63, 3.8) is 0 Å². The molecule has 1 fully saturated rings. The van der Waals surface area contributed by atoms with E-state index in [0.29, 0.717) is 34.4 Å². The van der Waals surface area contributed by atoms with Gasteiger partial charge in [0.25, 0.3) is 0 Å². The molecule has 8 heteroatoms. The highest BCUT2D eigenvalue weighted by atomic mass is 127. The first kappa shape index (κ1) is 24.8. The number of anilines is 1. The maximum Gasteiger partial charge on any atom is 0.238 e. The summed E-state index contributed by atoms with van der Waals surface area (Å²) < 4.78 is 6.32. The zero-order valence-electron chi connectivity index (χ0n) is 20.7. The number of rotatable bonds is 3. The lowest BCUT2D eigenvalue weighted by Crippen LogP contribution is -2.39. The molecular weight excluding hydrogens is 597 g/mol. The molecule has 4 aliphatic rings. The first-order chi connectivity index (χ1) is 18.2. The lowest BCUT2D eigenvalue weighted by atomic mass is 9.59. The Morgan fingerprint density at radius 3 is 2.45 bits per heavy atom. The molecule has 0 radical (unpaired) electrons. The maximum atomic E-state index is 13.9. The number of phenols is 1. The Kier molecular flexibility index (Phi) is 5.90. The average Bonchev–Trinajstić information content (AvgIpc) is 3.16. The number of para-hydroxylation sites is 1. The van der Waals surface area contributed by atoms with E-state index in [2.05, 4.69) is 22.6 Å². The van der Waals surface area contributed by atoms with E-state index in [1.165, 1.54) is 18.1 Å². The number of benzene rings is 2. The Balaban J connectivity index is 1.51. The normalized spacial score (nSPS) is 26.6. The van der Waals surface area contributed by atoms with Crippen molar-refractivity contribution < 1.29 is 29.0 Å². The number of aromatic hydroxyl groups is 1.